The highest BCUT2D eigenvalue weighted by Crippen LogP contribution is 2.26. The average molecular weight is 475 g/mol. The van der Waals surface area contributed by atoms with Crippen molar-refractivity contribution < 1.29 is 9.21 Å². The van der Waals surface area contributed by atoms with Gasteiger partial charge in [0.05, 0.1) is 22.3 Å². The molecule has 1 heterocycles. The van der Waals surface area contributed by atoms with E-state index in [-0.39, 0.29) is 6.01 Å². The van der Waals surface area contributed by atoms with Crippen LogP contribution in [0.25, 0.3) is 10.9 Å². The van der Waals surface area contributed by atoms with Crippen molar-refractivity contribution in [1.29, 1.82) is 0 Å². The molecule has 1 N–H and O–H groups in total. The van der Waals surface area contributed by atoms with Crippen LogP contribution in [-0.4, -0.2) is 11.0 Å². The molecular weight excluding hydrogens is 448 g/mol. The van der Waals surface area contributed by atoms with E-state index in [1.807, 2.05) is 118 Å². The van der Waals surface area contributed by atoms with Crippen LogP contribution >= 0.6 is 0 Å². The lowest BCUT2D eigenvalue weighted by atomic mass is 10.2. The Kier molecular flexibility index (Phi) is 6.33. The molecule has 0 saturated carbocycles. The summed E-state index contributed by atoms with van der Waals surface area (Å²) in [7, 11) is 0. The van der Waals surface area contributed by atoms with Crippen LogP contribution in [0.15, 0.2) is 106 Å². The van der Waals surface area contributed by atoms with Gasteiger partial charge in [-0.25, -0.2) is 14.7 Å². The maximum absolute atomic E-state index is 13.6. The Morgan fingerprint density at radius 3 is 2.03 bits per heavy atom. The second kappa shape index (κ2) is 9.88. The Bertz CT molecular complexity index is 1590. The average Bonchev–Trinajstić information content (AvgIpc) is 2.88. The van der Waals surface area contributed by atoms with Crippen molar-refractivity contribution in [3.05, 3.63) is 119 Å². The zero-order valence-corrected chi connectivity index (χ0v) is 20.4. The number of carbonyl (C=O) groups excluding carboxylic acids is 1. The first-order chi connectivity index (χ1) is 17.5. The highest BCUT2D eigenvalue weighted by molar-refractivity contribution is 6.05. The summed E-state index contributed by atoms with van der Waals surface area (Å²) in [5.74, 6) is 0. The van der Waals surface area contributed by atoms with E-state index in [0.29, 0.717) is 22.4 Å². The molecule has 0 aliphatic carbocycles. The maximum Gasteiger partial charge on any atom is 0.334 e. The molecule has 0 atom stereocenters. The summed E-state index contributed by atoms with van der Waals surface area (Å²) in [6.07, 6.45) is 0. The van der Waals surface area contributed by atoms with E-state index in [4.69, 9.17) is 14.4 Å². The monoisotopic (exact) mass is 474 g/mol. The van der Waals surface area contributed by atoms with Gasteiger partial charge in [-0.05, 0) is 69.3 Å². The third-order valence-electron chi connectivity index (χ3n) is 5.79. The van der Waals surface area contributed by atoms with Gasteiger partial charge in [0, 0.05) is 5.69 Å². The number of rotatable bonds is 4. The number of urea groups is 1. The van der Waals surface area contributed by atoms with Crippen molar-refractivity contribution in [1.82, 2.24) is 4.98 Å². The van der Waals surface area contributed by atoms with Crippen molar-refractivity contribution in [3.8, 4) is 0 Å². The first-order valence-electron chi connectivity index (χ1n) is 11.7. The molecule has 0 radical (unpaired) electrons. The molecule has 36 heavy (non-hydrogen) atoms. The highest BCUT2D eigenvalue weighted by atomic mass is 16.4. The molecule has 178 valence electrons. The highest BCUT2D eigenvalue weighted by Gasteiger charge is 2.23. The van der Waals surface area contributed by atoms with Gasteiger partial charge in [0.1, 0.15) is 0 Å². The predicted octanol–water partition coefficient (Wildman–Crippen LogP) is 7.36. The van der Waals surface area contributed by atoms with Crippen LogP contribution < -0.4 is 15.8 Å². The van der Waals surface area contributed by atoms with Crippen LogP contribution in [0.1, 0.15) is 16.7 Å². The summed E-state index contributed by atoms with van der Waals surface area (Å²) in [6, 6.07) is 30.4. The molecular formula is C30H26N4O2. The maximum atomic E-state index is 13.6. The van der Waals surface area contributed by atoms with Gasteiger partial charge in [0.25, 0.3) is 0 Å². The lowest BCUT2D eigenvalue weighted by molar-refractivity contribution is 0.257. The number of amides is 2. The van der Waals surface area contributed by atoms with E-state index in [1.54, 1.807) is 0 Å². The summed E-state index contributed by atoms with van der Waals surface area (Å²) >= 11 is 0. The predicted molar refractivity (Wildman–Crippen MR) is 144 cm³/mol. The minimum absolute atomic E-state index is 0.119. The van der Waals surface area contributed by atoms with Gasteiger partial charge in [-0.15, -0.1) is 0 Å². The molecule has 1 aromatic heterocycles. The third-order valence-corrected chi connectivity index (χ3v) is 5.79. The van der Waals surface area contributed by atoms with Gasteiger partial charge in [0.2, 0.25) is 5.55 Å². The standard InChI is InChI=1S/C30H26N4O2/c1-20-8-14-23(15-9-20)31-28-26-6-4-5-7-27(26)33-30(36-28)34(25-18-12-22(3)13-19-25)29(35)32-24-16-10-21(2)11-17-24/h4-19H,1-3H3,(H,32,35). The first-order valence-corrected chi connectivity index (χ1v) is 11.7. The van der Waals surface area contributed by atoms with E-state index < -0.39 is 6.03 Å². The SMILES string of the molecule is Cc1ccc(N=c2oc(N(C(=O)Nc3ccc(C)cc3)c3ccc(C)cc3)nc3ccccc23)cc1. The summed E-state index contributed by atoms with van der Waals surface area (Å²) < 4.78 is 6.24. The van der Waals surface area contributed by atoms with Crippen LogP contribution in [0, 0.1) is 20.8 Å². The van der Waals surface area contributed by atoms with Crippen LogP contribution in [-0.2, 0) is 0 Å². The number of fused-ring (bicyclic) bond motifs is 1. The minimum Gasteiger partial charge on any atom is -0.405 e. The summed E-state index contributed by atoms with van der Waals surface area (Å²) in [6.45, 7) is 6.03. The van der Waals surface area contributed by atoms with Gasteiger partial charge in [0.15, 0.2) is 0 Å². The van der Waals surface area contributed by atoms with Crippen molar-refractivity contribution in [2.75, 3.05) is 10.2 Å². The Labute approximate surface area is 209 Å². The lowest BCUT2D eigenvalue weighted by Gasteiger charge is -2.21. The number of aromatic nitrogens is 1. The molecule has 0 aliphatic heterocycles. The molecule has 0 aliphatic rings. The Morgan fingerprint density at radius 2 is 1.36 bits per heavy atom. The fourth-order valence-electron chi connectivity index (χ4n) is 3.76. The quantitative estimate of drug-likeness (QED) is 0.296. The fourth-order valence-corrected chi connectivity index (χ4v) is 3.76. The normalized spacial score (nSPS) is 11.5. The third kappa shape index (κ3) is 5.03. The number of anilines is 3. The molecule has 0 saturated heterocycles. The molecule has 6 heteroatoms. The summed E-state index contributed by atoms with van der Waals surface area (Å²) in [4.78, 5) is 24.5. The molecule has 0 bridgehead atoms. The number of nitrogens with zero attached hydrogens (tertiary/aromatic N) is 3. The molecule has 0 fully saturated rings. The Balaban J connectivity index is 1.66. The van der Waals surface area contributed by atoms with Crippen molar-refractivity contribution in [2.24, 2.45) is 4.99 Å². The molecule has 4 aromatic carbocycles. The van der Waals surface area contributed by atoms with Crippen LogP contribution in [0.5, 0.6) is 0 Å². The molecule has 0 spiro atoms. The second-order valence-electron chi connectivity index (χ2n) is 8.73. The van der Waals surface area contributed by atoms with Crippen molar-refractivity contribution in [3.63, 3.8) is 0 Å². The van der Waals surface area contributed by atoms with Gasteiger partial charge in [-0.2, -0.15) is 4.98 Å². The number of para-hydroxylation sites is 1. The van der Waals surface area contributed by atoms with Gasteiger partial charge < -0.3 is 9.73 Å². The van der Waals surface area contributed by atoms with Gasteiger partial charge in [-0.1, -0.05) is 65.2 Å². The topological polar surface area (TPSA) is 70.7 Å². The number of hydrogen-bond acceptors (Lipinski definition) is 4. The Hall–Kier alpha value is -4.71. The lowest BCUT2D eigenvalue weighted by Crippen LogP contribution is -2.32. The number of hydrogen-bond donors (Lipinski definition) is 1. The number of benzene rings is 4. The largest absolute Gasteiger partial charge is 0.405 e. The van der Waals surface area contributed by atoms with Crippen molar-refractivity contribution >= 4 is 40.0 Å². The minimum atomic E-state index is -0.393. The molecule has 5 aromatic rings. The van der Waals surface area contributed by atoms with Crippen LogP contribution in [0.2, 0.25) is 0 Å². The van der Waals surface area contributed by atoms with Crippen molar-refractivity contribution in [2.45, 2.75) is 20.8 Å². The summed E-state index contributed by atoms with van der Waals surface area (Å²) in [5.41, 5.74) is 6.42. The van der Waals surface area contributed by atoms with E-state index in [1.165, 1.54) is 4.90 Å². The van der Waals surface area contributed by atoms with E-state index >= 15 is 0 Å². The number of nitrogens with one attached hydrogen (secondary N) is 1. The fraction of sp³-hybridized carbons (Fsp3) is 0.100. The van der Waals surface area contributed by atoms with E-state index in [0.717, 1.165) is 27.8 Å². The number of carbonyl (C=O) groups is 1. The molecule has 5 rings (SSSR count). The molecule has 2 amide bonds. The molecule has 6 nitrogen and oxygen atoms in total. The van der Waals surface area contributed by atoms with Gasteiger partial charge in [-0.3, -0.25) is 0 Å². The van der Waals surface area contributed by atoms with E-state index in [9.17, 15) is 4.79 Å². The second-order valence-corrected chi connectivity index (χ2v) is 8.73. The van der Waals surface area contributed by atoms with Crippen LogP contribution in [0.4, 0.5) is 27.9 Å². The first kappa shape index (κ1) is 23.1. The zero-order valence-electron chi connectivity index (χ0n) is 20.4. The Morgan fingerprint density at radius 1 is 0.778 bits per heavy atom. The number of aryl methyl sites for hydroxylation is 3. The summed E-state index contributed by atoms with van der Waals surface area (Å²) in [5, 5.41) is 3.71. The van der Waals surface area contributed by atoms with Crippen LogP contribution in [0.3, 0.4) is 0 Å². The zero-order chi connectivity index (χ0) is 25.1. The van der Waals surface area contributed by atoms with Gasteiger partial charge >= 0.3 is 12.0 Å². The smallest absolute Gasteiger partial charge is 0.334 e. The van der Waals surface area contributed by atoms with E-state index in [2.05, 4.69) is 5.32 Å². The molecule has 0 unspecified atom stereocenters.